The Labute approximate surface area is 151 Å². The Morgan fingerprint density at radius 2 is 2.12 bits per heavy atom. The fourth-order valence-electron chi connectivity index (χ4n) is 3.56. The first-order valence-corrected chi connectivity index (χ1v) is 9.83. The van der Waals surface area contributed by atoms with Crippen LogP contribution in [-0.2, 0) is 17.6 Å². The summed E-state index contributed by atoms with van der Waals surface area (Å²) in [6.45, 7) is 4.86. The van der Waals surface area contributed by atoms with Crippen LogP contribution in [0.5, 0.6) is 0 Å². The monoisotopic (exact) mass is 360 g/mol. The van der Waals surface area contributed by atoms with Gasteiger partial charge in [-0.3, -0.25) is 9.69 Å². The number of carbonyl (C=O) groups is 1. The van der Waals surface area contributed by atoms with E-state index in [0.29, 0.717) is 17.1 Å². The van der Waals surface area contributed by atoms with E-state index in [1.165, 1.54) is 35.4 Å². The van der Waals surface area contributed by atoms with Gasteiger partial charge >= 0.3 is 0 Å². The van der Waals surface area contributed by atoms with E-state index in [-0.39, 0.29) is 5.91 Å². The van der Waals surface area contributed by atoms with Gasteiger partial charge in [-0.25, -0.2) is 4.98 Å². The topological polar surface area (TPSA) is 80.5 Å². The van der Waals surface area contributed by atoms with E-state index in [0.717, 1.165) is 55.9 Å². The lowest BCUT2D eigenvalue weighted by atomic mass is 9.95. The number of amides is 1. The number of fused-ring (bicyclic) bond motifs is 2. The molecule has 0 bridgehead atoms. The number of rotatable bonds is 4. The molecule has 1 aliphatic heterocycles. The Hall–Kier alpha value is -1.70. The zero-order chi connectivity index (χ0) is 17.2. The molecule has 4 rings (SSSR count). The highest BCUT2D eigenvalue weighted by Gasteiger charge is 2.20. The zero-order valence-electron chi connectivity index (χ0n) is 14.3. The van der Waals surface area contributed by atoms with Crippen LogP contribution in [0.3, 0.4) is 0 Å². The first-order valence-electron chi connectivity index (χ1n) is 9.01. The van der Waals surface area contributed by atoms with Crippen LogP contribution in [0.1, 0.15) is 33.8 Å². The Morgan fingerprint density at radius 3 is 2.96 bits per heavy atom. The van der Waals surface area contributed by atoms with Crippen LogP contribution in [0.2, 0.25) is 0 Å². The summed E-state index contributed by atoms with van der Waals surface area (Å²) in [6.07, 6.45) is 4.50. The second-order valence-corrected chi connectivity index (χ2v) is 7.71. The first kappa shape index (κ1) is 16.8. The minimum absolute atomic E-state index is 0.0910. The number of nitrogen functional groups attached to an aromatic ring is 1. The Balaban J connectivity index is 1.46. The normalized spacial score (nSPS) is 18.2. The number of thiophene rings is 1. The number of hydrogen-bond donors (Lipinski definition) is 2. The third-order valence-corrected chi connectivity index (χ3v) is 6.14. The molecule has 0 aromatic carbocycles. The van der Waals surface area contributed by atoms with E-state index in [1.807, 2.05) is 0 Å². The molecule has 1 aliphatic carbocycles. The molecule has 7 heteroatoms. The second kappa shape index (κ2) is 7.27. The van der Waals surface area contributed by atoms with Gasteiger partial charge in [0.1, 0.15) is 9.71 Å². The number of nitrogens with two attached hydrogens (primary N) is 1. The maximum Gasteiger partial charge on any atom is 0.263 e. The smallest absolute Gasteiger partial charge is 0.263 e. The molecule has 6 nitrogen and oxygen atoms in total. The largest absolute Gasteiger partial charge is 0.397 e. The quantitative estimate of drug-likeness (QED) is 0.869. The van der Waals surface area contributed by atoms with Gasteiger partial charge in [0, 0.05) is 37.3 Å². The van der Waals surface area contributed by atoms with Crippen LogP contribution < -0.4 is 11.1 Å². The van der Waals surface area contributed by atoms with Gasteiger partial charge in [-0.15, -0.1) is 11.3 Å². The van der Waals surface area contributed by atoms with Crippen molar-refractivity contribution in [2.45, 2.75) is 25.7 Å². The third-order valence-electron chi connectivity index (χ3n) is 5.02. The zero-order valence-corrected chi connectivity index (χ0v) is 15.2. The molecular formula is C18H24N4O2S. The Kier molecular flexibility index (Phi) is 4.87. The molecule has 134 valence electrons. The maximum absolute atomic E-state index is 12.5. The highest BCUT2D eigenvalue weighted by Crippen LogP contribution is 2.35. The lowest BCUT2D eigenvalue weighted by Gasteiger charge is -2.26. The Bertz CT molecular complexity index is 783. The number of hydrogen-bond acceptors (Lipinski definition) is 6. The third kappa shape index (κ3) is 3.49. The molecule has 1 amide bonds. The van der Waals surface area contributed by atoms with E-state index < -0.39 is 0 Å². The van der Waals surface area contributed by atoms with Gasteiger partial charge in [-0.2, -0.15) is 0 Å². The summed E-state index contributed by atoms with van der Waals surface area (Å²) in [6, 6.07) is 2.15. The average molecular weight is 360 g/mol. The fraction of sp³-hybridized carbons (Fsp3) is 0.556. The summed E-state index contributed by atoms with van der Waals surface area (Å²) in [7, 11) is 0. The molecule has 3 N–H and O–H groups in total. The van der Waals surface area contributed by atoms with Crippen molar-refractivity contribution in [2.24, 2.45) is 0 Å². The molecule has 2 aromatic rings. The van der Waals surface area contributed by atoms with Gasteiger partial charge in [0.05, 0.1) is 18.9 Å². The van der Waals surface area contributed by atoms with E-state index in [9.17, 15) is 4.79 Å². The van der Waals surface area contributed by atoms with Crippen molar-refractivity contribution < 1.29 is 9.53 Å². The van der Waals surface area contributed by atoms with Crippen molar-refractivity contribution in [3.05, 3.63) is 22.2 Å². The summed E-state index contributed by atoms with van der Waals surface area (Å²) >= 11 is 1.41. The van der Waals surface area contributed by atoms with Crippen molar-refractivity contribution in [1.82, 2.24) is 15.2 Å². The lowest BCUT2D eigenvalue weighted by Crippen LogP contribution is -2.41. The number of aromatic nitrogens is 1. The highest BCUT2D eigenvalue weighted by molar-refractivity contribution is 7.21. The molecule has 0 radical (unpaired) electrons. The number of morpholine rings is 1. The number of nitrogens with zero attached hydrogens (tertiary/aromatic N) is 2. The number of anilines is 1. The maximum atomic E-state index is 12.5. The molecule has 2 aromatic heterocycles. The summed E-state index contributed by atoms with van der Waals surface area (Å²) < 4.78 is 5.34. The second-order valence-electron chi connectivity index (χ2n) is 6.71. The van der Waals surface area contributed by atoms with E-state index in [2.05, 4.69) is 16.3 Å². The van der Waals surface area contributed by atoms with Gasteiger partial charge in [-0.05, 0) is 37.3 Å². The van der Waals surface area contributed by atoms with Crippen molar-refractivity contribution >= 4 is 33.1 Å². The van der Waals surface area contributed by atoms with Crippen LogP contribution in [-0.4, -0.2) is 55.2 Å². The van der Waals surface area contributed by atoms with E-state index in [1.54, 1.807) is 0 Å². The fourth-order valence-corrected chi connectivity index (χ4v) is 4.57. The molecule has 2 aliphatic rings. The van der Waals surface area contributed by atoms with Gasteiger partial charge in [0.2, 0.25) is 0 Å². The van der Waals surface area contributed by atoms with Gasteiger partial charge < -0.3 is 15.8 Å². The van der Waals surface area contributed by atoms with Crippen molar-refractivity contribution in [3.8, 4) is 0 Å². The molecular weight excluding hydrogens is 336 g/mol. The summed E-state index contributed by atoms with van der Waals surface area (Å²) in [5.41, 5.74) is 9.32. The highest BCUT2D eigenvalue weighted by atomic mass is 32.1. The number of nitrogens with one attached hydrogen (secondary N) is 1. The molecule has 1 fully saturated rings. The molecule has 25 heavy (non-hydrogen) atoms. The molecule has 0 saturated carbocycles. The van der Waals surface area contributed by atoms with Gasteiger partial charge in [0.15, 0.2) is 0 Å². The van der Waals surface area contributed by atoms with Crippen molar-refractivity contribution in [3.63, 3.8) is 0 Å². The molecule has 0 spiro atoms. The minimum Gasteiger partial charge on any atom is -0.397 e. The summed E-state index contributed by atoms with van der Waals surface area (Å²) in [5, 5.41) is 3.93. The Morgan fingerprint density at radius 1 is 1.32 bits per heavy atom. The van der Waals surface area contributed by atoms with E-state index >= 15 is 0 Å². The van der Waals surface area contributed by atoms with Crippen LogP contribution in [0.25, 0.3) is 10.2 Å². The van der Waals surface area contributed by atoms with Crippen LogP contribution in [0.15, 0.2) is 6.07 Å². The molecule has 0 unspecified atom stereocenters. The average Bonchev–Trinajstić information content (AvgIpc) is 2.97. The molecule has 1 saturated heterocycles. The summed E-state index contributed by atoms with van der Waals surface area (Å²) in [4.78, 5) is 21.1. The van der Waals surface area contributed by atoms with Gasteiger partial charge in [-0.1, -0.05) is 0 Å². The SMILES string of the molecule is Nc1c(C(=O)NCCN2CCOCC2)sc2nc3c(cc12)CCCC3. The predicted octanol–water partition coefficient (Wildman–Crippen LogP) is 1.82. The minimum atomic E-state index is -0.0910. The number of pyridine rings is 1. The standard InChI is InChI=1S/C18H24N4O2S/c19-15-13-11-12-3-1-2-4-14(12)21-18(13)25-16(15)17(23)20-5-6-22-7-9-24-10-8-22/h11H,1-10,19H2,(H,20,23). The van der Waals surface area contributed by atoms with Crippen molar-refractivity contribution in [1.29, 1.82) is 0 Å². The summed E-state index contributed by atoms with van der Waals surface area (Å²) in [5.74, 6) is -0.0910. The lowest BCUT2D eigenvalue weighted by molar-refractivity contribution is 0.0383. The number of carbonyl (C=O) groups excluding carboxylic acids is 1. The van der Waals surface area contributed by atoms with Crippen LogP contribution in [0, 0.1) is 0 Å². The van der Waals surface area contributed by atoms with Crippen LogP contribution in [0.4, 0.5) is 5.69 Å². The molecule has 0 atom stereocenters. The predicted molar refractivity (Wildman–Crippen MR) is 100 cm³/mol. The number of aryl methyl sites for hydroxylation is 2. The number of ether oxygens (including phenoxy) is 1. The van der Waals surface area contributed by atoms with Gasteiger partial charge in [0.25, 0.3) is 5.91 Å². The molecule has 3 heterocycles. The van der Waals surface area contributed by atoms with Crippen LogP contribution >= 0.6 is 11.3 Å². The van der Waals surface area contributed by atoms with Crippen molar-refractivity contribution in [2.75, 3.05) is 45.1 Å². The van der Waals surface area contributed by atoms with E-state index in [4.69, 9.17) is 15.5 Å². The first-order chi connectivity index (χ1) is 12.2.